The van der Waals surface area contributed by atoms with Crippen LogP contribution in [0.25, 0.3) is 33.1 Å². The van der Waals surface area contributed by atoms with Crippen molar-refractivity contribution in [1.29, 1.82) is 0 Å². The Labute approximate surface area is 166 Å². The predicted molar refractivity (Wildman–Crippen MR) is 112 cm³/mol. The topological polar surface area (TPSA) is 80.2 Å². The molecule has 0 radical (unpaired) electrons. The maximum Gasteiger partial charge on any atom is 0.291 e. The van der Waals surface area contributed by atoms with Gasteiger partial charge in [0.1, 0.15) is 17.0 Å². The number of ether oxygens (including phenoxy) is 1. The number of fused-ring (bicyclic) bond motifs is 2. The monoisotopic (exact) mass is 383 g/mol. The summed E-state index contributed by atoms with van der Waals surface area (Å²) in [6.07, 6.45) is 3.65. The van der Waals surface area contributed by atoms with E-state index in [0.717, 1.165) is 27.5 Å². The Morgan fingerprint density at radius 2 is 1.97 bits per heavy atom. The number of pyridine rings is 1. The van der Waals surface area contributed by atoms with Crippen molar-refractivity contribution in [2.75, 3.05) is 12.4 Å². The van der Waals surface area contributed by atoms with Gasteiger partial charge in [-0.3, -0.25) is 4.79 Å². The normalized spacial score (nSPS) is 11.1. The number of benzene rings is 2. The van der Waals surface area contributed by atoms with Gasteiger partial charge in [0, 0.05) is 46.0 Å². The van der Waals surface area contributed by atoms with E-state index in [4.69, 9.17) is 9.15 Å². The van der Waals surface area contributed by atoms with Crippen molar-refractivity contribution in [3.05, 3.63) is 78.8 Å². The third-order valence-corrected chi connectivity index (χ3v) is 4.82. The summed E-state index contributed by atoms with van der Waals surface area (Å²) in [5.41, 5.74) is 3.96. The first-order valence-electron chi connectivity index (χ1n) is 9.13. The third-order valence-electron chi connectivity index (χ3n) is 4.82. The molecule has 0 fully saturated rings. The molecule has 0 unspecified atom stereocenters. The lowest BCUT2D eigenvalue weighted by Gasteiger charge is -2.11. The summed E-state index contributed by atoms with van der Waals surface area (Å²) >= 11 is 0. The van der Waals surface area contributed by atoms with Crippen LogP contribution < -0.4 is 10.1 Å². The second-order valence-corrected chi connectivity index (χ2v) is 6.66. The van der Waals surface area contributed by atoms with E-state index >= 15 is 0 Å². The number of anilines is 1. The van der Waals surface area contributed by atoms with Gasteiger partial charge in [0.15, 0.2) is 5.76 Å². The molecule has 6 nitrogen and oxygen atoms in total. The quantitative estimate of drug-likeness (QED) is 0.445. The van der Waals surface area contributed by atoms with Gasteiger partial charge in [0.05, 0.1) is 7.11 Å². The standard InChI is InChI=1S/C23H17N3O3/c1-28-20-12-17(26-23(27)21-11-14-4-2-3-5-19(14)29-21)6-7-18(20)16-10-15-8-9-24-22(15)25-13-16/h2-13H,1H3,(H,24,25)(H,26,27). The number of aromatic amines is 1. The number of furan rings is 1. The molecule has 0 spiro atoms. The fourth-order valence-electron chi connectivity index (χ4n) is 3.38. The Kier molecular flexibility index (Phi) is 4.02. The molecule has 0 aliphatic rings. The van der Waals surface area contributed by atoms with Crippen molar-refractivity contribution in [1.82, 2.24) is 9.97 Å². The third kappa shape index (κ3) is 3.10. The van der Waals surface area contributed by atoms with Crippen molar-refractivity contribution < 1.29 is 13.9 Å². The van der Waals surface area contributed by atoms with Crippen LogP contribution in [0.2, 0.25) is 0 Å². The number of carbonyl (C=O) groups excluding carboxylic acids is 1. The highest BCUT2D eigenvalue weighted by Gasteiger charge is 2.14. The van der Waals surface area contributed by atoms with Gasteiger partial charge >= 0.3 is 0 Å². The SMILES string of the molecule is COc1cc(NC(=O)c2cc3ccccc3o2)ccc1-c1cnc2[nH]ccc2c1. The minimum atomic E-state index is -0.314. The van der Waals surface area contributed by atoms with Gasteiger partial charge in [-0.25, -0.2) is 4.98 Å². The summed E-state index contributed by atoms with van der Waals surface area (Å²) in [6.45, 7) is 0. The number of para-hydroxylation sites is 1. The van der Waals surface area contributed by atoms with Crippen molar-refractivity contribution in [3.8, 4) is 16.9 Å². The zero-order chi connectivity index (χ0) is 19.8. The van der Waals surface area contributed by atoms with E-state index < -0.39 is 0 Å². The van der Waals surface area contributed by atoms with Gasteiger partial charge in [-0.05, 0) is 36.4 Å². The number of nitrogens with zero attached hydrogens (tertiary/aromatic N) is 1. The Morgan fingerprint density at radius 3 is 2.83 bits per heavy atom. The molecule has 2 aromatic carbocycles. The molecule has 142 valence electrons. The maximum absolute atomic E-state index is 12.6. The van der Waals surface area contributed by atoms with E-state index in [2.05, 4.69) is 15.3 Å². The minimum Gasteiger partial charge on any atom is -0.496 e. The van der Waals surface area contributed by atoms with Gasteiger partial charge in [0.2, 0.25) is 0 Å². The first-order chi connectivity index (χ1) is 14.2. The van der Waals surface area contributed by atoms with E-state index in [9.17, 15) is 4.79 Å². The number of methoxy groups -OCH3 is 1. The zero-order valence-corrected chi connectivity index (χ0v) is 15.6. The summed E-state index contributed by atoms with van der Waals surface area (Å²) < 4.78 is 11.2. The number of hydrogen-bond donors (Lipinski definition) is 2. The molecular weight excluding hydrogens is 366 g/mol. The molecule has 0 aliphatic heterocycles. The summed E-state index contributed by atoms with van der Waals surface area (Å²) in [5.74, 6) is 0.590. The van der Waals surface area contributed by atoms with Crippen molar-refractivity contribution in [2.24, 2.45) is 0 Å². The molecule has 2 N–H and O–H groups in total. The summed E-state index contributed by atoms with van der Waals surface area (Å²) in [7, 11) is 1.60. The number of rotatable bonds is 4. The lowest BCUT2D eigenvalue weighted by Crippen LogP contribution is -2.10. The average Bonchev–Trinajstić information content (AvgIpc) is 3.39. The predicted octanol–water partition coefficient (Wildman–Crippen LogP) is 5.24. The van der Waals surface area contributed by atoms with E-state index in [1.165, 1.54) is 0 Å². The Bertz CT molecular complexity index is 1320. The van der Waals surface area contributed by atoms with Crippen molar-refractivity contribution in [3.63, 3.8) is 0 Å². The first-order valence-corrected chi connectivity index (χ1v) is 9.13. The molecule has 1 amide bonds. The Morgan fingerprint density at radius 1 is 1.07 bits per heavy atom. The molecule has 0 saturated heterocycles. The van der Waals surface area contributed by atoms with E-state index in [1.54, 1.807) is 25.4 Å². The van der Waals surface area contributed by atoms with Crippen LogP contribution in [-0.2, 0) is 0 Å². The molecule has 3 aromatic heterocycles. The molecule has 0 atom stereocenters. The Hall–Kier alpha value is -4.06. The lowest BCUT2D eigenvalue weighted by molar-refractivity contribution is 0.0998. The second kappa shape index (κ2) is 6.83. The Balaban J connectivity index is 1.44. The number of carbonyl (C=O) groups is 1. The molecule has 0 aliphatic carbocycles. The van der Waals surface area contributed by atoms with Crippen LogP contribution in [0.1, 0.15) is 10.6 Å². The highest BCUT2D eigenvalue weighted by molar-refractivity contribution is 6.05. The minimum absolute atomic E-state index is 0.261. The van der Waals surface area contributed by atoms with E-state index in [0.29, 0.717) is 17.0 Å². The fraction of sp³-hybridized carbons (Fsp3) is 0.0435. The summed E-state index contributed by atoms with van der Waals surface area (Å²) in [4.78, 5) is 20.1. The van der Waals surface area contributed by atoms with Crippen molar-refractivity contribution in [2.45, 2.75) is 0 Å². The van der Waals surface area contributed by atoms with Gasteiger partial charge in [-0.15, -0.1) is 0 Å². The van der Waals surface area contributed by atoms with E-state index in [-0.39, 0.29) is 11.7 Å². The molecule has 0 saturated carbocycles. The first kappa shape index (κ1) is 17.1. The maximum atomic E-state index is 12.6. The average molecular weight is 383 g/mol. The number of nitrogens with one attached hydrogen (secondary N) is 2. The van der Waals surface area contributed by atoms with Gasteiger partial charge < -0.3 is 19.5 Å². The highest BCUT2D eigenvalue weighted by atomic mass is 16.5. The molecule has 3 heterocycles. The summed E-state index contributed by atoms with van der Waals surface area (Å²) in [6, 6.07) is 18.8. The largest absolute Gasteiger partial charge is 0.496 e. The zero-order valence-electron chi connectivity index (χ0n) is 15.6. The smallest absolute Gasteiger partial charge is 0.291 e. The number of amides is 1. The van der Waals surface area contributed by atoms with Crippen LogP contribution in [0.4, 0.5) is 5.69 Å². The fourth-order valence-corrected chi connectivity index (χ4v) is 3.38. The molecule has 0 bridgehead atoms. The second-order valence-electron chi connectivity index (χ2n) is 6.66. The number of H-pyrrole nitrogens is 1. The van der Waals surface area contributed by atoms with Gasteiger partial charge in [-0.1, -0.05) is 18.2 Å². The van der Waals surface area contributed by atoms with Crippen LogP contribution in [0.5, 0.6) is 5.75 Å². The molecule has 6 heteroatoms. The molecule has 29 heavy (non-hydrogen) atoms. The number of hydrogen-bond acceptors (Lipinski definition) is 4. The van der Waals surface area contributed by atoms with Crippen LogP contribution >= 0.6 is 0 Å². The molecule has 5 aromatic rings. The summed E-state index contributed by atoms with van der Waals surface area (Å²) in [5, 5.41) is 4.77. The van der Waals surface area contributed by atoms with Crippen LogP contribution in [0.15, 0.2) is 77.5 Å². The lowest BCUT2D eigenvalue weighted by atomic mass is 10.0. The van der Waals surface area contributed by atoms with Crippen LogP contribution in [0.3, 0.4) is 0 Å². The molecule has 5 rings (SSSR count). The van der Waals surface area contributed by atoms with Crippen LogP contribution in [0, 0.1) is 0 Å². The molecular formula is C23H17N3O3. The van der Waals surface area contributed by atoms with Crippen molar-refractivity contribution >= 4 is 33.6 Å². The highest BCUT2D eigenvalue weighted by Crippen LogP contribution is 2.33. The van der Waals surface area contributed by atoms with Gasteiger partial charge in [0.25, 0.3) is 5.91 Å². The van der Waals surface area contributed by atoms with Crippen LogP contribution in [-0.4, -0.2) is 23.0 Å². The number of aromatic nitrogens is 2. The van der Waals surface area contributed by atoms with E-state index in [1.807, 2.05) is 54.7 Å². The van der Waals surface area contributed by atoms with Gasteiger partial charge in [-0.2, -0.15) is 0 Å².